The zero-order valence-electron chi connectivity index (χ0n) is 7.88. The number of hydrogen-bond donors (Lipinski definition) is 0. The Bertz CT molecular complexity index is 509. The van der Waals surface area contributed by atoms with Gasteiger partial charge in [-0.3, -0.25) is 4.79 Å². The SMILES string of the molecule is Cn1nnnc1-c1c(F)cccc1C=O. The molecule has 6 heteroatoms. The smallest absolute Gasteiger partial charge is 0.185 e. The maximum Gasteiger partial charge on any atom is 0.185 e. The van der Waals surface area contributed by atoms with Gasteiger partial charge in [-0.05, 0) is 16.5 Å². The highest BCUT2D eigenvalue weighted by Crippen LogP contribution is 2.22. The van der Waals surface area contributed by atoms with Gasteiger partial charge in [0.2, 0.25) is 0 Å². The van der Waals surface area contributed by atoms with Crippen molar-refractivity contribution in [1.82, 2.24) is 20.2 Å². The summed E-state index contributed by atoms with van der Waals surface area (Å²) in [4.78, 5) is 10.7. The lowest BCUT2D eigenvalue weighted by atomic mass is 10.1. The van der Waals surface area contributed by atoms with Crippen LogP contribution >= 0.6 is 0 Å². The third-order valence-corrected chi connectivity index (χ3v) is 2.02. The highest BCUT2D eigenvalue weighted by atomic mass is 19.1. The summed E-state index contributed by atoms with van der Waals surface area (Å²) in [5.41, 5.74) is 0.355. The average molecular weight is 206 g/mol. The van der Waals surface area contributed by atoms with Crippen LogP contribution in [0.2, 0.25) is 0 Å². The van der Waals surface area contributed by atoms with Gasteiger partial charge in [0.1, 0.15) is 5.82 Å². The predicted octanol–water partition coefficient (Wildman–Crippen LogP) is 0.829. The second-order valence-corrected chi connectivity index (χ2v) is 2.95. The van der Waals surface area contributed by atoms with E-state index in [9.17, 15) is 9.18 Å². The van der Waals surface area contributed by atoms with Gasteiger partial charge in [0.15, 0.2) is 12.1 Å². The summed E-state index contributed by atoms with van der Waals surface area (Å²) >= 11 is 0. The Balaban J connectivity index is 2.71. The number of carbonyl (C=O) groups excluding carboxylic acids is 1. The minimum Gasteiger partial charge on any atom is -0.298 e. The minimum atomic E-state index is -0.516. The Morgan fingerprint density at radius 2 is 2.27 bits per heavy atom. The van der Waals surface area contributed by atoms with E-state index in [4.69, 9.17) is 0 Å². The summed E-state index contributed by atoms with van der Waals surface area (Å²) in [7, 11) is 1.58. The molecule has 2 rings (SSSR count). The topological polar surface area (TPSA) is 60.7 Å². The van der Waals surface area contributed by atoms with Crippen molar-refractivity contribution < 1.29 is 9.18 Å². The van der Waals surface area contributed by atoms with Crippen LogP contribution in [0.1, 0.15) is 10.4 Å². The van der Waals surface area contributed by atoms with Crippen LogP contribution < -0.4 is 0 Å². The number of nitrogens with zero attached hydrogens (tertiary/aromatic N) is 4. The molecule has 0 fully saturated rings. The summed E-state index contributed by atoms with van der Waals surface area (Å²) in [6.07, 6.45) is 0.576. The number of halogens is 1. The number of aldehydes is 1. The molecule has 0 unspecified atom stereocenters. The van der Waals surface area contributed by atoms with Crippen LogP contribution in [0.3, 0.4) is 0 Å². The zero-order chi connectivity index (χ0) is 10.8. The molecule has 0 aliphatic carbocycles. The summed E-state index contributed by atoms with van der Waals surface area (Å²) < 4.78 is 14.8. The fraction of sp³-hybridized carbons (Fsp3) is 0.111. The van der Waals surface area contributed by atoms with Crippen LogP contribution in [0.5, 0.6) is 0 Å². The number of rotatable bonds is 2. The van der Waals surface area contributed by atoms with Gasteiger partial charge in [0, 0.05) is 12.6 Å². The quantitative estimate of drug-likeness (QED) is 0.683. The average Bonchev–Trinajstić information content (AvgIpc) is 2.64. The van der Waals surface area contributed by atoms with Crippen molar-refractivity contribution in [2.75, 3.05) is 0 Å². The van der Waals surface area contributed by atoms with Crippen LogP contribution in [0.15, 0.2) is 18.2 Å². The molecule has 0 amide bonds. The van der Waals surface area contributed by atoms with Gasteiger partial charge in [-0.2, -0.15) is 0 Å². The molecule has 0 radical (unpaired) electrons. The molecule has 1 aromatic heterocycles. The van der Waals surface area contributed by atoms with Gasteiger partial charge in [-0.25, -0.2) is 9.07 Å². The first-order chi connectivity index (χ1) is 7.24. The normalized spacial score (nSPS) is 10.3. The Labute approximate surface area is 84.5 Å². The molecule has 0 atom stereocenters. The summed E-state index contributed by atoms with van der Waals surface area (Å²) in [5.74, 6) is -0.285. The van der Waals surface area contributed by atoms with E-state index in [1.807, 2.05) is 0 Å². The predicted molar refractivity (Wildman–Crippen MR) is 49.6 cm³/mol. The fourth-order valence-electron chi connectivity index (χ4n) is 1.32. The van der Waals surface area contributed by atoms with Gasteiger partial charge < -0.3 is 0 Å². The van der Waals surface area contributed by atoms with Crippen LogP contribution in [-0.2, 0) is 7.05 Å². The molecule has 5 nitrogen and oxygen atoms in total. The monoisotopic (exact) mass is 206 g/mol. The van der Waals surface area contributed by atoms with Crippen molar-refractivity contribution >= 4 is 6.29 Å². The molecular formula is C9H7FN4O. The number of aryl methyl sites for hydroxylation is 1. The maximum absolute atomic E-state index is 13.5. The number of benzene rings is 1. The van der Waals surface area contributed by atoms with Crippen molar-refractivity contribution in [2.24, 2.45) is 7.05 Å². The third-order valence-electron chi connectivity index (χ3n) is 2.02. The first kappa shape index (κ1) is 9.45. The molecule has 0 N–H and O–H groups in total. The van der Waals surface area contributed by atoms with Crippen LogP contribution in [0, 0.1) is 5.82 Å². The highest BCUT2D eigenvalue weighted by molar-refractivity contribution is 5.85. The van der Waals surface area contributed by atoms with E-state index in [-0.39, 0.29) is 17.0 Å². The molecule has 1 heterocycles. The van der Waals surface area contributed by atoms with E-state index in [1.54, 1.807) is 7.05 Å². The van der Waals surface area contributed by atoms with Crippen molar-refractivity contribution in [2.45, 2.75) is 0 Å². The van der Waals surface area contributed by atoms with E-state index >= 15 is 0 Å². The largest absolute Gasteiger partial charge is 0.298 e. The standard InChI is InChI=1S/C9H7FN4O/c1-14-9(11-12-13-14)8-6(5-15)3-2-4-7(8)10/h2-5H,1H3. The van der Waals surface area contributed by atoms with Crippen LogP contribution in [0.25, 0.3) is 11.4 Å². The van der Waals surface area contributed by atoms with Crippen molar-refractivity contribution in [1.29, 1.82) is 0 Å². The van der Waals surface area contributed by atoms with Gasteiger partial charge >= 0.3 is 0 Å². The molecule has 15 heavy (non-hydrogen) atoms. The number of hydrogen-bond acceptors (Lipinski definition) is 4. The summed E-state index contributed by atoms with van der Waals surface area (Å²) in [6.45, 7) is 0. The van der Waals surface area contributed by atoms with E-state index in [1.165, 1.54) is 22.9 Å². The van der Waals surface area contributed by atoms with Crippen molar-refractivity contribution in [3.63, 3.8) is 0 Å². The highest BCUT2D eigenvalue weighted by Gasteiger charge is 2.15. The summed E-state index contributed by atoms with van der Waals surface area (Å²) in [6, 6.07) is 4.24. The minimum absolute atomic E-state index is 0.125. The Kier molecular flexibility index (Phi) is 2.24. The number of carbonyl (C=O) groups is 1. The van der Waals surface area contributed by atoms with Crippen molar-refractivity contribution in [3.05, 3.63) is 29.6 Å². The van der Waals surface area contributed by atoms with Crippen LogP contribution in [-0.4, -0.2) is 26.5 Å². The Morgan fingerprint density at radius 3 is 2.87 bits per heavy atom. The lowest BCUT2D eigenvalue weighted by Crippen LogP contribution is -2.00. The van der Waals surface area contributed by atoms with E-state index in [2.05, 4.69) is 15.5 Å². The molecule has 0 saturated heterocycles. The van der Waals surface area contributed by atoms with Gasteiger partial charge in [-0.15, -0.1) is 5.10 Å². The molecule has 0 aliphatic rings. The molecule has 0 spiro atoms. The number of tetrazole rings is 1. The van der Waals surface area contributed by atoms with E-state index < -0.39 is 5.82 Å². The maximum atomic E-state index is 13.5. The Morgan fingerprint density at radius 1 is 1.47 bits per heavy atom. The summed E-state index contributed by atoms with van der Waals surface area (Å²) in [5, 5.41) is 10.6. The molecule has 0 saturated carbocycles. The third kappa shape index (κ3) is 1.50. The lowest BCUT2D eigenvalue weighted by Gasteiger charge is -2.03. The molecule has 1 aromatic carbocycles. The van der Waals surface area contributed by atoms with Crippen LogP contribution in [0.4, 0.5) is 4.39 Å². The van der Waals surface area contributed by atoms with Gasteiger partial charge in [-0.1, -0.05) is 12.1 Å². The number of aromatic nitrogens is 4. The van der Waals surface area contributed by atoms with Crippen molar-refractivity contribution in [3.8, 4) is 11.4 Å². The van der Waals surface area contributed by atoms with E-state index in [0.29, 0.717) is 6.29 Å². The second kappa shape index (κ2) is 3.56. The molecule has 76 valence electrons. The molecule has 2 aromatic rings. The zero-order valence-corrected chi connectivity index (χ0v) is 7.88. The van der Waals surface area contributed by atoms with Gasteiger partial charge in [0.25, 0.3) is 0 Å². The molecule has 0 bridgehead atoms. The molecule has 0 aliphatic heterocycles. The Hall–Kier alpha value is -2.11. The fourth-order valence-corrected chi connectivity index (χ4v) is 1.32. The first-order valence-electron chi connectivity index (χ1n) is 4.20. The van der Waals surface area contributed by atoms with Gasteiger partial charge in [0.05, 0.1) is 5.56 Å². The lowest BCUT2D eigenvalue weighted by molar-refractivity contribution is 0.112. The second-order valence-electron chi connectivity index (χ2n) is 2.95. The van der Waals surface area contributed by atoms with E-state index in [0.717, 1.165) is 0 Å². The molecular weight excluding hydrogens is 199 g/mol. The first-order valence-corrected chi connectivity index (χ1v) is 4.20.